The molecule has 2 heterocycles. The molecule has 0 bridgehead atoms. The number of allylic oxidation sites excluding steroid dienone is 1. The van der Waals surface area contributed by atoms with Crippen LogP contribution in [0.1, 0.15) is 21.8 Å². The average molecular weight is 561 g/mol. The Kier molecular flexibility index (Phi) is 7.41. The number of carbonyl (C=O) groups is 3. The van der Waals surface area contributed by atoms with Crippen LogP contribution in [-0.4, -0.2) is 42.2 Å². The van der Waals surface area contributed by atoms with Gasteiger partial charge in [0.25, 0.3) is 0 Å². The van der Waals surface area contributed by atoms with Crippen LogP contribution in [0, 0.1) is 11.3 Å². The number of methoxy groups -OCH3 is 2. The molecule has 10 nitrogen and oxygen atoms in total. The number of benzene rings is 3. The Hall–Kier alpha value is -5.95. The van der Waals surface area contributed by atoms with E-state index in [9.17, 15) is 24.8 Å². The van der Waals surface area contributed by atoms with Crippen LogP contribution in [-0.2, 0) is 19.1 Å². The first-order valence-corrected chi connectivity index (χ1v) is 12.7. The van der Waals surface area contributed by atoms with Gasteiger partial charge < -0.3 is 20.3 Å². The predicted octanol–water partition coefficient (Wildman–Crippen LogP) is 4.50. The van der Waals surface area contributed by atoms with E-state index in [1.165, 1.54) is 25.2 Å². The summed E-state index contributed by atoms with van der Waals surface area (Å²) in [6.07, 6.45) is 0. The minimum absolute atomic E-state index is 0.0247. The predicted molar refractivity (Wildman–Crippen MR) is 154 cm³/mol. The second kappa shape index (κ2) is 11.3. The second-order valence-electron chi connectivity index (χ2n) is 9.26. The highest BCUT2D eigenvalue weighted by Crippen LogP contribution is 2.43. The number of nitriles is 1. The van der Waals surface area contributed by atoms with Crippen LogP contribution < -0.4 is 10.6 Å². The van der Waals surface area contributed by atoms with E-state index in [2.05, 4.69) is 11.1 Å². The molecular weight excluding hydrogens is 536 g/mol. The molecule has 1 unspecified atom stereocenters. The van der Waals surface area contributed by atoms with E-state index in [0.29, 0.717) is 33.4 Å². The number of aromatic carboxylic acids is 1. The zero-order valence-electron chi connectivity index (χ0n) is 22.6. The summed E-state index contributed by atoms with van der Waals surface area (Å²) in [6, 6.07) is 25.8. The highest BCUT2D eigenvalue weighted by molar-refractivity contribution is 6.07. The number of pyridine rings is 1. The number of aromatic nitrogens is 1. The molecule has 5 rings (SSSR count). The van der Waals surface area contributed by atoms with Gasteiger partial charge >= 0.3 is 17.9 Å². The van der Waals surface area contributed by atoms with Crippen LogP contribution in [0.15, 0.2) is 108 Å². The molecule has 1 aromatic heterocycles. The molecule has 0 saturated heterocycles. The van der Waals surface area contributed by atoms with E-state index in [-0.39, 0.29) is 28.2 Å². The Morgan fingerprint density at radius 2 is 1.62 bits per heavy atom. The van der Waals surface area contributed by atoms with Crippen LogP contribution in [0.3, 0.4) is 0 Å². The summed E-state index contributed by atoms with van der Waals surface area (Å²) in [5.74, 6) is -3.92. The molecule has 3 aromatic carbocycles. The van der Waals surface area contributed by atoms with Gasteiger partial charge in [0.2, 0.25) is 0 Å². The number of fused-ring (bicyclic) bond motifs is 1. The van der Waals surface area contributed by atoms with Crippen molar-refractivity contribution in [1.82, 2.24) is 4.98 Å². The number of carboxylic acid groups (broad SMARTS) is 1. The number of carbonyl (C=O) groups excluding carboxylic acids is 2. The lowest BCUT2D eigenvalue weighted by molar-refractivity contribution is -0.139. The molecule has 4 aromatic rings. The van der Waals surface area contributed by atoms with E-state index in [1.54, 1.807) is 78.9 Å². The number of para-hydroxylation sites is 1. The lowest BCUT2D eigenvalue weighted by Crippen LogP contribution is -2.40. The lowest BCUT2D eigenvalue weighted by atomic mass is 9.81. The zero-order valence-corrected chi connectivity index (χ0v) is 22.6. The molecule has 0 radical (unpaired) electrons. The monoisotopic (exact) mass is 560 g/mol. The first-order valence-electron chi connectivity index (χ1n) is 12.7. The normalized spacial score (nSPS) is 14.9. The summed E-state index contributed by atoms with van der Waals surface area (Å²) in [5, 5.41) is 20.6. The van der Waals surface area contributed by atoms with Gasteiger partial charge in [-0.1, -0.05) is 60.7 Å². The third kappa shape index (κ3) is 4.69. The van der Waals surface area contributed by atoms with Gasteiger partial charge in [0.1, 0.15) is 11.5 Å². The first kappa shape index (κ1) is 27.6. The molecule has 0 amide bonds. The SMILES string of the molecule is COC(=O)C1=C(C(=O)OC)N(c2cccc(-c3cc(C(=O)O)c4ccccc4n3)c2)C(N)=C(C#N)C1c1ccccc1. The number of carboxylic acids is 1. The van der Waals surface area contributed by atoms with Crippen LogP contribution in [0.4, 0.5) is 5.69 Å². The number of hydrogen-bond acceptors (Lipinski definition) is 9. The van der Waals surface area contributed by atoms with Gasteiger partial charge in [-0.05, 0) is 29.8 Å². The maximum absolute atomic E-state index is 13.4. The molecule has 1 aliphatic rings. The van der Waals surface area contributed by atoms with Crippen molar-refractivity contribution in [3.8, 4) is 17.3 Å². The summed E-state index contributed by atoms with van der Waals surface area (Å²) < 4.78 is 10.2. The van der Waals surface area contributed by atoms with Crippen molar-refractivity contribution in [2.45, 2.75) is 5.92 Å². The van der Waals surface area contributed by atoms with Gasteiger partial charge in [-0.25, -0.2) is 19.4 Å². The minimum Gasteiger partial charge on any atom is -0.478 e. The van der Waals surface area contributed by atoms with Crippen LogP contribution in [0.2, 0.25) is 0 Å². The van der Waals surface area contributed by atoms with Gasteiger partial charge in [-0.3, -0.25) is 4.90 Å². The highest BCUT2D eigenvalue weighted by atomic mass is 16.5. The molecule has 10 heteroatoms. The standard InChI is InChI=1S/C32H24N4O6/c1-41-31(39)27-26(18-9-4-3-5-10-18)23(17-33)29(34)36(28(27)32(40)42-2)20-12-8-11-19(15-20)25-16-22(30(37)38)21-13-6-7-14-24(21)35-25/h3-16,26H,34H2,1-2H3,(H,37,38). The summed E-state index contributed by atoms with van der Waals surface area (Å²) >= 11 is 0. The molecule has 0 spiro atoms. The Morgan fingerprint density at radius 3 is 2.29 bits per heavy atom. The third-order valence-corrected chi connectivity index (χ3v) is 6.96. The molecular formula is C32H24N4O6. The van der Waals surface area contributed by atoms with E-state index >= 15 is 0 Å². The molecule has 208 valence electrons. The fourth-order valence-corrected chi connectivity index (χ4v) is 5.09. The number of rotatable bonds is 6. The van der Waals surface area contributed by atoms with Crippen molar-refractivity contribution in [2.24, 2.45) is 5.73 Å². The van der Waals surface area contributed by atoms with Crippen LogP contribution in [0.25, 0.3) is 22.2 Å². The highest BCUT2D eigenvalue weighted by Gasteiger charge is 2.43. The molecule has 1 atom stereocenters. The van der Waals surface area contributed by atoms with Gasteiger partial charge in [0, 0.05) is 16.6 Å². The Balaban J connectivity index is 1.76. The van der Waals surface area contributed by atoms with Crippen LogP contribution in [0.5, 0.6) is 0 Å². The summed E-state index contributed by atoms with van der Waals surface area (Å²) in [4.78, 5) is 44.6. The van der Waals surface area contributed by atoms with Crippen molar-refractivity contribution >= 4 is 34.5 Å². The first-order chi connectivity index (χ1) is 20.3. The maximum Gasteiger partial charge on any atom is 0.355 e. The maximum atomic E-state index is 13.4. The summed E-state index contributed by atoms with van der Waals surface area (Å²) in [7, 11) is 2.35. The lowest BCUT2D eigenvalue weighted by Gasteiger charge is -2.36. The quantitative estimate of drug-likeness (QED) is 0.322. The number of nitrogens with two attached hydrogens (primary N) is 1. The number of ether oxygens (including phenoxy) is 2. The van der Waals surface area contributed by atoms with E-state index in [4.69, 9.17) is 15.2 Å². The Morgan fingerprint density at radius 1 is 0.929 bits per heavy atom. The van der Waals surface area contributed by atoms with E-state index in [1.807, 2.05) is 0 Å². The third-order valence-electron chi connectivity index (χ3n) is 6.96. The van der Waals surface area contributed by atoms with Crippen molar-refractivity contribution in [2.75, 3.05) is 19.1 Å². The molecule has 42 heavy (non-hydrogen) atoms. The fourth-order valence-electron chi connectivity index (χ4n) is 5.09. The molecule has 0 aliphatic carbocycles. The number of nitrogens with zero attached hydrogens (tertiary/aromatic N) is 3. The number of hydrogen-bond donors (Lipinski definition) is 2. The average Bonchev–Trinajstić information content (AvgIpc) is 3.03. The van der Waals surface area contributed by atoms with Crippen LogP contribution >= 0.6 is 0 Å². The Labute approximate surface area is 240 Å². The smallest absolute Gasteiger partial charge is 0.355 e. The molecule has 0 fully saturated rings. The summed E-state index contributed by atoms with van der Waals surface area (Å²) in [5.41, 5.74) is 8.55. The van der Waals surface area contributed by atoms with E-state index in [0.717, 1.165) is 0 Å². The van der Waals surface area contributed by atoms with Crippen molar-refractivity contribution in [3.05, 3.63) is 119 Å². The number of esters is 2. The number of anilines is 1. The van der Waals surface area contributed by atoms with Gasteiger partial charge in [0.15, 0.2) is 0 Å². The topological polar surface area (TPSA) is 156 Å². The second-order valence-corrected chi connectivity index (χ2v) is 9.26. The van der Waals surface area contributed by atoms with E-state index < -0.39 is 23.8 Å². The summed E-state index contributed by atoms with van der Waals surface area (Å²) in [6.45, 7) is 0. The van der Waals surface area contributed by atoms with Crippen molar-refractivity contribution in [3.63, 3.8) is 0 Å². The molecule has 3 N–H and O–H groups in total. The minimum atomic E-state index is -1.11. The largest absolute Gasteiger partial charge is 0.478 e. The molecule has 1 aliphatic heterocycles. The van der Waals surface area contributed by atoms with Gasteiger partial charge in [-0.15, -0.1) is 0 Å². The van der Waals surface area contributed by atoms with Gasteiger partial charge in [0.05, 0.1) is 54.1 Å². The van der Waals surface area contributed by atoms with Gasteiger partial charge in [-0.2, -0.15) is 5.26 Å². The Bertz CT molecular complexity index is 1860. The fraction of sp³-hybridized carbons (Fsp3) is 0.0938. The zero-order chi connectivity index (χ0) is 30.0. The van der Waals surface area contributed by atoms with Crippen molar-refractivity contribution < 1.29 is 29.0 Å². The molecule has 0 saturated carbocycles. The van der Waals surface area contributed by atoms with Crippen molar-refractivity contribution in [1.29, 1.82) is 5.26 Å².